The summed E-state index contributed by atoms with van der Waals surface area (Å²) in [5.41, 5.74) is 0.499. The van der Waals surface area contributed by atoms with Crippen LogP contribution in [0.4, 0.5) is 0 Å². The Kier molecular flexibility index (Phi) is 4.15. The first-order valence-electron chi connectivity index (χ1n) is 4.90. The highest BCUT2D eigenvalue weighted by atomic mass is 79.9. The fourth-order valence-corrected chi connectivity index (χ4v) is 2.46. The Morgan fingerprint density at radius 3 is 2.44 bits per heavy atom. The molecule has 0 aliphatic carbocycles. The number of carbonyl (C=O) groups is 1. The number of halogens is 1. The molecule has 5 heteroatoms. The molecule has 0 radical (unpaired) electrons. The second-order valence-electron chi connectivity index (χ2n) is 4.35. The van der Waals surface area contributed by atoms with Crippen LogP contribution in [0, 0.1) is 0 Å². The quantitative estimate of drug-likeness (QED) is 0.634. The van der Waals surface area contributed by atoms with Gasteiger partial charge in [0.2, 0.25) is 8.32 Å². The van der Waals surface area contributed by atoms with Gasteiger partial charge in [-0.1, -0.05) is 0 Å². The van der Waals surface area contributed by atoms with Crippen LogP contribution in [0.15, 0.2) is 22.7 Å². The molecule has 3 nitrogen and oxygen atoms in total. The summed E-state index contributed by atoms with van der Waals surface area (Å²) in [6.45, 7) is 6.26. The zero-order valence-electron chi connectivity index (χ0n) is 9.83. The van der Waals surface area contributed by atoms with Gasteiger partial charge in [0.15, 0.2) is 0 Å². The lowest BCUT2D eigenvalue weighted by molar-refractivity contribution is 0.0600. The minimum atomic E-state index is -1.68. The zero-order valence-corrected chi connectivity index (χ0v) is 12.4. The molecule has 0 amide bonds. The molecule has 1 aromatic rings. The molecule has 0 spiro atoms. The topological polar surface area (TPSA) is 35.5 Å². The molecule has 1 aromatic carbocycles. The van der Waals surface area contributed by atoms with E-state index in [-0.39, 0.29) is 5.97 Å². The fraction of sp³-hybridized carbons (Fsp3) is 0.364. The van der Waals surface area contributed by atoms with E-state index in [0.717, 1.165) is 4.47 Å². The molecule has 0 unspecified atom stereocenters. The van der Waals surface area contributed by atoms with Gasteiger partial charge in [0.1, 0.15) is 5.75 Å². The fourth-order valence-electron chi connectivity index (χ4n) is 1.16. The van der Waals surface area contributed by atoms with E-state index in [1.165, 1.54) is 7.11 Å². The van der Waals surface area contributed by atoms with Crippen LogP contribution >= 0.6 is 15.9 Å². The van der Waals surface area contributed by atoms with Gasteiger partial charge in [-0.05, 0) is 53.8 Å². The number of benzene rings is 1. The predicted octanol–water partition coefficient (Wildman–Crippen LogP) is 3.45. The molecule has 0 saturated carbocycles. The summed E-state index contributed by atoms with van der Waals surface area (Å²) in [6.07, 6.45) is 0. The SMILES string of the molecule is COC(=O)c1ccc(Br)c(O[Si](C)(C)C)c1. The van der Waals surface area contributed by atoms with E-state index < -0.39 is 8.32 Å². The average molecular weight is 303 g/mol. The lowest BCUT2D eigenvalue weighted by Crippen LogP contribution is -2.29. The Labute approximate surface area is 105 Å². The Morgan fingerprint density at radius 2 is 1.94 bits per heavy atom. The van der Waals surface area contributed by atoms with E-state index in [1.54, 1.807) is 18.2 Å². The van der Waals surface area contributed by atoms with E-state index >= 15 is 0 Å². The first-order valence-corrected chi connectivity index (χ1v) is 9.10. The number of hydrogen-bond donors (Lipinski definition) is 0. The molecule has 0 fully saturated rings. The Morgan fingerprint density at radius 1 is 1.31 bits per heavy atom. The number of ether oxygens (including phenoxy) is 1. The summed E-state index contributed by atoms with van der Waals surface area (Å²) in [4.78, 5) is 11.4. The largest absolute Gasteiger partial charge is 0.544 e. The van der Waals surface area contributed by atoms with Crippen LogP contribution in [0.5, 0.6) is 5.75 Å². The van der Waals surface area contributed by atoms with Gasteiger partial charge >= 0.3 is 5.97 Å². The first kappa shape index (κ1) is 13.3. The van der Waals surface area contributed by atoms with Crippen molar-refractivity contribution in [1.29, 1.82) is 0 Å². The van der Waals surface area contributed by atoms with Crippen molar-refractivity contribution >= 4 is 30.2 Å². The van der Waals surface area contributed by atoms with E-state index in [1.807, 2.05) is 0 Å². The van der Waals surface area contributed by atoms with Crippen LogP contribution in [0.25, 0.3) is 0 Å². The van der Waals surface area contributed by atoms with Crippen LogP contribution in [0.2, 0.25) is 19.6 Å². The van der Waals surface area contributed by atoms with Crippen molar-refractivity contribution < 1.29 is 14.0 Å². The Bertz CT molecular complexity index is 399. The molecule has 88 valence electrons. The maximum Gasteiger partial charge on any atom is 0.337 e. The summed E-state index contributed by atoms with van der Waals surface area (Å²) in [6, 6.07) is 5.20. The average Bonchev–Trinajstić information content (AvgIpc) is 2.18. The zero-order chi connectivity index (χ0) is 12.3. The molecule has 0 bridgehead atoms. The molecule has 0 N–H and O–H groups in total. The second-order valence-corrected chi connectivity index (χ2v) is 9.63. The third-order valence-corrected chi connectivity index (χ3v) is 3.26. The second kappa shape index (κ2) is 5.01. The van der Waals surface area contributed by atoms with Crippen LogP contribution < -0.4 is 4.43 Å². The number of hydrogen-bond acceptors (Lipinski definition) is 3. The van der Waals surface area contributed by atoms with Crippen molar-refractivity contribution in [2.75, 3.05) is 7.11 Å². The molecule has 16 heavy (non-hydrogen) atoms. The smallest absolute Gasteiger partial charge is 0.337 e. The standard InChI is InChI=1S/C11H15BrO3Si/c1-14-11(13)8-5-6-9(12)10(7-8)15-16(2,3)4/h5-7H,1-4H3. The third-order valence-electron chi connectivity index (χ3n) is 1.77. The van der Waals surface area contributed by atoms with Crippen LogP contribution in [-0.4, -0.2) is 21.4 Å². The summed E-state index contributed by atoms with van der Waals surface area (Å²) < 4.78 is 11.4. The van der Waals surface area contributed by atoms with Crippen molar-refractivity contribution in [1.82, 2.24) is 0 Å². The summed E-state index contributed by atoms with van der Waals surface area (Å²) in [7, 11) is -0.315. The van der Waals surface area contributed by atoms with E-state index in [2.05, 4.69) is 40.3 Å². The molecule has 1 rings (SSSR count). The monoisotopic (exact) mass is 302 g/mol. The van der Waals surface area contributed by atoms with Crippen LogP contribution in [0.3, 0.4) is 0 Å². The summed E-state index contributed by atoms with van der Waals surface area (Å²) in [5, 5.41) is 0. The van der Waals surface area contributed by atoms with Gasteiger partial charge in [-0.15, -0.1) is 0 Å². The number of carbonyl (C=O) groups excluding carboxylic acids is 1. The van der Waals surface area contributed by atoms with Gasteiger partial charge in [-0.3, -0.25) is 0 Å². The van der Waals surface area contributed by atoms with E-state index in [9.17, 15) is 4.79 Å². The van der Waals surface area contributed by atoms with Crippen molar-refractivity contribution in [2.45, 2.75) is 19.6 Å². The van der Waals surface area contributed by atoms with Gasteiger partial charge in [-0.25, -0.2) is 4.79 Å². The van der Waals surface area contributed by atoms with Crippen LogP contribution in [-0.2, 0) is 4.74 Å². The van der Waals surface area contributed by atoms with E-state index in [4.69, 9.17) is 4.43 Å². The highest BCUT2D eigenvalue weighted by Crippen LogP contribution is 2.28. The Hall–Kier alpha value is -0.813. The highest BCUT2D eigenvalue weighted by molar-refractivity contribution is 9.10. The highest BCUT2D eigenvalue weighted by Gasteiger charge is 2.19. The molecule has 0 heterocycles. The minimum Gasteiger partial charge on any atom is -0.544 e. The lowest BCUT2D eigenvalue weighted by atomic mass is 10.2. The summed E-state index contributed by atoms with van der Waals surface area (Å²) >= 11 is 3.40. The Balaban J connectivity index is 3.04. The normalized spacial score (nSPS) is 11.1. The van der Waals surface area contributed by atoms with E-state index in [0.29, 0.717) is 11.3 Å². The van der Waals surface area contributed by atoms with Crippen molar-refractivity contribution in [3.8, 4) is 5.75 Å². The molecular weight excluding hydrogens is 288 g/mol. The van der Waals surface area contributed by atoms with Gasteiger partial charge in [-0.2, -0.15) is 0 Å². The maximum atomic E-state index is 11.4. The predicted molar refractivity (Wildman–Crippen MR) is 69.5 cm³/mol. The maximum absolute atomic E-state index is 11.4. The molecule has 0 aliphatic heterocycles. The van der Waals surface area contributed by atoms with Crippen LogP contribution in [0.1, 0.15) is 10.4 Å². The summed E-state index contributed by atoms with van der Waals surface area (Å²) in [5.74, 6) is 0.343. The molecule has 0 saturated heterocycles. The number of methoxy groups -OCH3 is 1. The first-order chi connectivity index (χ1) is 7.33. The van der Waals surface area contributed by atoms with Crippen molar-refractivity contribution in [3.63, 3.8) is 0 Å². The van der Waals surface area contributed by atoms with Crippen molar-refractivity contribution in [3.05, 3.63) is 28.2 Å². The van der Waals surface area contributed by atoms with Gasteiger partial charge in [0, 0.05) is 0 Å². The van der Waals surface area contributed by atoms with Gasteiger partial charge in [0.25, 0.3) is 0 Å². The molecule has 0 atom stereocenters. The number of rotatable bonds is 3. The molecule has 0 aromatic heterocycles. The van der Waals surface area contributed by atoms with Crippen molar-refractivity contribution in [2.24, 2.45) is 0 Å². The lowest BCUT2D eigenvalue weighted by Gasteiger charge is -2.20. The third kappa shape index (κ3) is 3.64. The molecule has 0 aliphatic rings. The number of esters is 1. The molecular formula is C11H15BrO3Si. The minimum absolute atomic E-state index is 0.354. The van der Waals surface area contributed by atoms with Gasteiger partial charge < -0.3 is 9.16 Å². The van der Waals surface area contributed by atoms with Gasteiger partial charge in [0.05, 0.1) is 17.1 Å².